The van der Waals surface area contributed by atoms with Crippen molar-refractivity contribution in [1.82, 2.24) is 4.90 Å². The molecule has 2 nitrogen and oxygen atoms in total. The van der Waals surface area contributed by atoms with Gasteiger partial charge in [0.1, 0.15) is 0 Å². The van der Waals surface area contributed by atoms with Gasteiger partial charge < -0.3 is 5.73 Å². The van der Waals surface area contributed by atoms with Crippen LogP contribution in [0.15, 0.2) is 0 Å². The average Bonchev–Trinajstić information content (AvgIpc) is 2.80. The number of likely N-dealkylation sites (N-methyl/N-ethyl adjacent to an activating group) is 1. The molecule has 1 rings (SSSR count). The standard InChI is InChI=1S/C10H22N2/c1-8(2)6-10(7-11)12(3)9-4-5-9/h8-10H,4-7,11H2,1-3H3. The molecular formula is C10H22N2. The molecule has 1 atom stereocenters. The molecule has 0 bridgehead atoms. The fourth-order valence-corrected chi connectivity index (χ4v) is 1.75. The van der Waals surface area contributed by atoms with Gasteiger partial charge >= 0.3 is 0 Å². The van der Waals surface area contributed by atoms with E-state index in [1.807, 2.05) is 0 Å². The van der Waals surface area contributed by atoms with Crippen molar-refractivity contribution in [3.8, 4) is 0 Å². The summed E-state index contributed by atoms with van der Waals surface area (Å²) in [5.41, 5.74) is 5.75. The highest BCUT2D eigenvalue weighted by Gasteiger charge is 2.30. The molecule has 0 aromatic heterocycles. The monoisotopic (exact) mass is 170 g/mol. The Morgan fingerprint density at radius 1 is 1.42 bits per heavy atom. The summed E-state index contributed by atoms with van der Waals surface area (Å²) in [6, 6.07) is 1.45. The van der Waals surface area contributed by atoms with Crippen LogP contribution in [-0.2, 0) is 0 Å². The first-order chi connectivity index (χ1) is 5.65. The zero-order valence-electron chi connectivity index (χ0n) is 8.59. The van der Waals surface area contributed by atoms with Crippen LogP contribution in [0.3, 0.4) is 0 Å². The molecule has 1 unspecified atom stereocenters. The maximum Gasteiger partial charge on any atom is 0.0220 e. The van der Waals surface area contributed by atoms with Gasteiger partial charge in [0.05, 0.1) is 0 Å². The highest BCUT2D eigenvalue weighted by atomic mass is 15.2. The summed E-state index contributed by atoms with van der Waals surface area (Å²) >= 11 is 0. The van der Waals surface area contributed by atoms with Crippen LogP contribution < -0.4 is 5.73 Å². The van der Waals surface area contributed by atoms with Gasteiger partial charge in [0.2, 0.25) is 0 Å². The zero-order valence-corrected chi connectivity index (χ0v) is 8.59. The van der Waals surface area contributed by atoms with Crippen LogP contribution in [0.25, 0.3) is 0 Å². The molecule has 1 aliphatic carbocycles. The van der Waals surface area contributed by atoms with E-state index in [4.69, 9.17) is 5.73 Å². The van der Waals surface area contributed by atoms with E-state index in [9.17, 15) is 0 Å². The van der Waals surface area contributed by atoms with Gasteiger partial charge in [-0.15, -0.1) is 0 Å². The summed E-state index contributed by atoms with van der Waals surface area (Å²) in [4.78, 5) is 2.47. The lowest BCUT2D eigenvalue weighted by molar-refractivity contribution is 0.209. The predicted octanol–water partition coefficient (Wildman–Crippen LogP) is 1.45. The summed E-state index contributed by atoms with van der Waals surface area (Å²) in [6.45, 7) is 5.35. The Kier molecular flexibility index (Phi) is 3.53. The molecule has 0 amide bonds. The second-order valence-electron chi connectivity index (χ2n) is 4.42. The fourth-order valence-electron chi connectivity index (χ4n) is 1.75. The van der Waals surface area contributed by atoms with Crippen LogP contribution in [0.4, 0.5) is 0 Å². The normalized spacial score (nSPS) is 20.5. The van der Waals surface area contributed by atoms with Crippen LogP contribution >= 0.6 is 0 Å². The maximum absolute atomic E-state index is 5.75. The molecule has 0 aromatic carbocycles. The summed E-state index contributed by atoms with van der Waals surface area (Å²) in [5.74, 6) is 0.764. The number of nitrogens with two attached hydrogens (primary N) is 1. The van der Waals surface area contributed by atoms with Crippen molar-refractivity contribution in [2.75, 3.05) is 13.6 Å². The summed E-state index contributed by atoms with van der Waals surface area (Å²) in [5, 5.41) is 0. The topological polar surface area (TPSA) is 29.3 Å². The number of hydrogen-bond acceptors (Lipinski definition) is 2. The lowest BCUT2D eigenvalue weighted by Gasteiger charge is -2.28. The first kappa shape index (κ1) is 10.0. The minimum Gasteiger partial charge on any atom is -0.329 e. The van der Waals surface area contributed by atoms with Gasteiger partial charge in [-0.05, 0) is 32.2 Å². The molecular weight excluding hydrogens is 148 g/mol. The minimum absolute atomic E-state index is 0.609. The summed E-state index contributed by atoms with van der Waals surface area (Å²) in [6.07, 6.45) is 4.00. The molecule has 0 aliphatic heterocycles. The molecule has 0 heterocycles. The van der Waals surface area contributed by atoms with Crippen LogP contribution in [0.1, 0.15) is 33.1 Å². The van der Waals surface area contributed by atoms with E-state index in [1.54, 1.807) is 0 Å². The first-order valence-corrected chi connectivity index (χ1v) is 5.07. The zero-order chi connectivity index (χ0) is 9.14. The molecule has 72 valence electrons. The molecule has 0 aromatic rings. The summed E-state index contributed by atoms with van der Waals surface area (Å²) < 4.78 is 0. The SMILES string of the molecule is CC(C)CC(CN)N(C)C1CC1. The average molecular weight is 170 g/mol. The van der Waals surface area contributed by atoms with Gasteiger partial charge in [0, 0.05) is 18.6 Å². The molecule has 2 N–H and O–H groups in total. The Balaban J connectivity index is 2.31. The highest BCUT2D eigenvalue weighted by Crippen LogP contribution is 2.28. The second kappa shape index (κ2) is 4.24. The lowest BCUT2D eigenvalue weighted by atomic mass is 10.0. The van der Waals surface area contributed by atoms with E-state index in [2.05, 4.69) is 25.8 Å². The summed E-state index contributed by atoms with van der Waals surface area (Å²) in [7, 11) is 2.22. The molecule has 1 aliphatic rings. The van der Waals surface area contributed by atoms with Crippen molar-refractivity contribution in [1.29, 1.82) is 0 Å². The third-order valence-electron chi connectivity index (χ3n) is 2.71. The number of rotatable bonds is 5. The van der Waals surface area contributed by atoms with Crippen molar-refractivity contribution in [2.24, 2.45) is 11.7 Å². The Hall–Kier alpha value is -0.0800. The van der Waals surface area contributed by atoms with E-state index < -0.39 is 0 Å². The van der Waals surface area contributed by atoms with E-state index in [1.165, 1.54) is 19.3 Å². The Labute approximate surface area is 76.1 Å². The van der Waals surface area contributed by atoms with Crippen molar-refractivity contribution in [3.05, 3.63) is 0 Å². The Bertz CT molecular complexity index is 130. The second-order valence-corrected chi connectivity index (χ2v) is 4.42. The largest absolute Gasteiger partial charge is 0.329 e. The van der Waals surface area contributed by atoms with Crippen molar-refractivity contribution in [3.63, 3.8) is 0 Å². The van der Waals surface area contributed by atoms with Crippen LogP contribution in [-0.4, -0.2) is 30.6 Å². The van der Waals surface area contributed by atoms with Gasteiger partial charge in [-0.3, -0.25) is 4.90 Å². The Morgan fingerprint density at radius 3 is 2.33 bits per heavy atom. The van der Waals surface area contributed by atoms with Crippen molar-refractivity contribution in [2.45, 2.75) is 45.2 Å². The van der Waals surface area contributed by atoms with Crippen LogP contribution in [0.2, 0.25) is 0 Å². The van der Waals surface area contributed by atoms with E-state index >= 15 is 0 Å². The van der Waals surface area contributed by atoms with E-state index in [-0.39, 0.29) is 0 Å². The van der Waals surface area contributed by atoms with Crippen molar-refractivity contribution >= 4 is 0 Å². The molecule has 0 spiro atoms. The third kappa shape index (κ3) is 2.76. The highest BCUT2D eigenvalue weighted by molar-refractivity contribution is 4.87. The minimum atomic E-state index is 0.609. The quantitative estimate of drug-likeness (QED) is 0.676. The number of nitrogens with zero attached hydrogens (tertiary/aromatic N) is 1. The maximum atomic E-state index is 5.75. The van der Waals surface area contributed by atoms with Gasteiger partial charge in [-0.2, -0.15) is 0 Å². The molecule has 0 radical (unpaired) electrons. The third-order valence-corrected chi connectivity index (χ3v) is 2.71. The van der Waals surface area contributed by atoms with Crippen LogP contribution in [0, 0.1) is 5.92 Å². The van der Waals surface area contributed by atoms with Gasteiger partial charge in [-0.1, -0.05) is 13.8 Å². The van der Waals surface area contributed by atoms with Gasteiger partial charge in [-0.25, -0.2) is 0 Å². The van der Waals surface area contributed by atoms with Gasteiger partial charge in [0.15, 0.2) is 0 Å². The van der Waals surface area contributed by atoms with E-state index in [0.29, 0.717) is 6.04 Å². The first-order valence-electron chi connectivity index (χ1n) is 5.07. The molecule has 1 fully saturated rings. The molecule has 0 saturated heterocycles. The lowest BCUT2D eigenvalue weighted by Crippen LogP contribution is -2.40. The number of hydrogen-bond donors (Lipinski definition) is 1. The van der Waals surface area contributed by atoms with E-state index in [0.717, 1.165) is 18.5 Å². The fraction of sp³-hybridized carbons (Fsp3) is 1.00. The smallest absolute Gasteiger partial charge is 0.0220 e. The van der Waals surface area contributed by atoms with Gasteiger partial charge in [0.25, 0.3) is 0 Å². The molecule has 2 heteroatoms. The molecule has 1 saturated carbocycles. The van der Waals surface area contributed by atoms with Crippen molar-refractivity contribution < 1.29 is 0 Å². The Morgan fingerprint density at radius 2 is 2.00 bits per heavy atom. The predicted molar refractivity (Wildman–Crippen MR) is 53.1 cm³/mol. The van der Waals surface area contributed by atoms with Crippen LogP contribution in [0.5, 0.6) is 0 Å². The molecule has 12 heavy (non-hydrogen) atoms.